The molecule has 28 heavy (non-hydrogen) atoms. The van der Waals surface area contributed by atoms with Gasteiger partial charge < -0.3 is 14.9 Å². The third-order valence-electron chi connectivity index (χ3n) is 4.88. The van der Waals surface area contributed by atoms with Crippen LogP contribution in [0.4, 0.5) is 17.1 Å². The van der Waals surface area contributed by atoms with Crippen molar-refractivity contribution in [3.8, 4) is 11.4 Å². The molecule has 8 heteroatoms. The SMILES string of the molecule is C=Nc1c(C(=O)Nc2ccc3c(c2)N(C)N(C)C3)ccnc1-c1cn(C)cn1. The molecule has 1 N–H and O–H groups in total. The Kier molecular flexibility index (Phi) is 4.40. The average Bonchev–Trinajstić information content (AvgIpc) is 3.24. The molecule has 1 aliphatic heterocycles. The first-order valence-electron chi connectivity index (χ1n) is 8.81. The van der Waals surface area contributed by atoms with E-state index in [0.29, 0.717) is 22.6 Å². The minimum Gasteiger partial charge on any atom is -0.340 e. The van der Waals surface area contributed by atoms with E-state index in [1.54, 1.807) is 18.6 Å². The van der Waals surface area contributed by atoms with Gasteiger partial charge in [-0.3, -0.25) is 14.8 Å². The Balaban J connectivity index is 1.65. The molecule has 4 rings (SSSR count). The van der Waals surface area contributed by atoms with E-state index in [9.17, 15) is 4.79 Å². The van der Waals surface area contributed by atoms with Crippen molar-refractivity contribution in [1.82, 2.24) is 19.5 Å². The molecule has 0 aliphatic carbocycles. The fraction of sp³-hybridized carbons (Fsp3) is 0.200. The van der Waals surface area contributed by atoms with Crippen LogP contribution in [0.1, 0.15) is 15.9 Å². The molecule has 1 amide bonds. The van der Waals surface area contributed by atoms with Crippen molar-refractivity contribution in [3.63, 3.8) is 0 Å². The third-order valence-corrected chi connectivity index (χ3v) is 4.88. The van der Waals surface area contributed by atoms with Crippen molar-refractivity contribution in [1.29, 1.82) is 0 Å². The summed E-state index contributed by atoms with van der Waals surface area (Å²) in [5.41, 5.74) is 5.00. The fourth-order valence-corrected chi connectivity index (χ4v) is 3.33. The number of nitrogens with one attached hydrogen (secondary N) is 1. The highest BCUT2D eigenvalue weighted by Crippen LogP contribution is 2.33. The summed E-state index contributed by atoms with van der Waals surface area (Å²) in [7, 11) is 5.89. The quantitative estimate of drug-likeness (QED) is 0.710. The number of nitrogens with zero attached hydrogens (tertiary/aromatic N) is 6. The number of carbonyl (C=O) groups excluding carboxylic acids is 1. The highest BCUT2D eigenvalue weighted by Gasteiger charge is 2.22. The molecule has 2 aromatic heterocycles. The largest absolute Gasteiger partial charge is 0.340 e. The van der Waals surface area contributed by atoms with Gasteiger partial charge in [0.15, 0.2) is 0 Å². The predicted molar refractivity (Wildman–Crippen MR) is 110 cm³/mol. The number of aryl methyl sites for hydroxylation is 1. The average molecular weight is 375 g/mol. The summed E-state index contributed by atoms with van der Waals surface area (Å²) >= 11 is 0. The van der Waals surface area contributed by atoms with Crippen LogP contribution in [0.5, 0.6) is 0 Å². The topological polar surface area (TPSA) is 78.7 Å². The van der Waals surface area contributed by atoms with Crippen LogP contribution in [0.2, 0.25) is 0 Å². The zero-order valence-electron chi connectivity index (χ0n) is 16.0. The molecule has 0 bridgehead atoms. The van der Waals surface area contributed by atoms with Crippen LogP contribution in [0, 0.1) is 0 Å². The van der Waals surface area contributed by atoms with Gasteiger partial charge in [-0.25, -0.2) is 9.99 Å². The maximum absolute atomic E-state index is 13.0. The highest BCUT2D eigenvalue weighted by molar-refractivity contribution is 6.09. The first kappa shape index (κ1) is 17.9. The Labute approximate surface area is 163 Å². The van der Waals surface area contributed by atoms with Crippen LogP contribution < -0.4 is 10.3 Å². The zero-order chi connectivity index (χ0) is 19.8. The van der Waals surface area contributed by atoms with Gasteiger partial charge in [0.05, 0.1) is 17.6 Å². The van der Waals surface area contributed by atoms with Gasteiger partial charge >= 0.3 is 0 Å². The number of imidazole rings is 1. The molecular formula is C20H21N7O. The molecule has 0 atom stereocenters. The Morgan fingerprint density at radius 1 is 1.21 bits per heavy atom. The van der Waals surface area contributed by atoms with E-state index in [1.807, 2.05) is 50.1 Å². The van der Waals surface area contributed by atoms with E-state index in [2.05, 4.69) is 37.0 Å². The van der Waals surface area contributed by atoms with E-state index in [-0.39, 0.29) is 5.91 Å². The van der Waals surface area contributed by atoms with Crippen molar-refractivity contribution in [2.75, 3.05) is 24.4 Å². The van der Waals surface area contributed by atoms with Gasteiger partial charge in [0, 0.05) is 45.8 Å². The molecule has 1 aliphatic rings. The molecule has 0 saturated carbocycles. The van der Waals surface area contributed by atoms with Crippen LogP contribution in [0.15, 0.2) is 48.0 Å². The van der Waals surface area contributed by atoms with Gasteiger partial charge in [0.2, 0.25) is 0 Å². The number of fused-ring (bicyclic) bond motifs is 1. The van der Waals surface area contributed by atoms with Gasteiger partial charge in [0.25, 0.3) is 5.91 Å². The van der Waals surface area contributed by atoms with Gasteiger partial charge in [-0.05, 0) is 30.5 Å². The second kappa shape index (κ2) is 6.90. The molecule has 3 aromatic rings. The van der Waals surface area contributed by atoms with Crippen molar-refractivity contribution in [2.24, 2.45) is 12.0 Å². The number of hydrogen-bond donors (Lipinski definition) is 1. The summed E-state index contributed by atoms with van der Waals surface area (Å²) in [6, 6.07) is 7.55. The molecule has 0 saturated heterocycles. The number of aliphatic imine (C=N–C) groups is 1. The lowest BCUT2D eigenvalue weighted by Gasteiger charge is -2.21. The summed E-state index contributed by atoms with van der Waals surface area (Å²) in [4.78, 5) is 25.7. The number of hydrazine groups is 1. The van der Waals surface area contributed by atoms with Crippen molar-refractivity contribution >= 4 is 29.7 Å². The van der Waals surface area contributed by atoms with Crippen molar-refractivity contribution in [2.45, 2.75) is 6.54 Å². The molecular weight excluding hydrogens is 354 g/mol. The molecule has 0 unspecified atom stereocenters. The van der Waals surface area contributed by atoms with Crippen molar-refractivity contribution in [3.05, 3.63) is 54.1 Å². The number of amides is 1. The first-order chi connectivity index (χ1) is 13.5. The fourth-order valence-electron chi connectivity index (χ4n) is 3.33. The van der Waals surface area contributed by atoms with Crippen molar-refractivity contribution < 1.29 is 4.79 Å². The van der Waals surface area contributed by atoms with Crippen LogP contribution in [0.25, 0.3) is 11.4 Å². The summed E-state index contributed by atoms with van der Waals surface area (Å²) < 4.78 is 1.81. The smallest absolute Gasteiger partial charge is 0.257 e. The van der Waals surface area contributed by atoms with Gasteiger partial charge in [-0.15, -0.1) is 0 Å². The van der Waals surface area contributed by atoms with Gasteiger partial charge in [-0.2, -0.15) is 0 Å². The Morgan fingerprint density at radius 3 is 2.75 bits per heavy atom. The Hall–Kier alpha value is -3.52. The standard InChI is InChI=1S/C20H21N7O/c1-21-18-15(7-8-22-19(18)16-11-25(2)12-23-16)20(28)24-14-6-5-13-10-26(3)27(4)17(13)9-14/h5-9,11-12H,1,10H2,2-4H3,(H,24,28). The van der Waals surface area contributed by atoms with E-state index in [0.717, 1.165) is 17.9 Å². The lowest BCUT2D eigenvalue weighted by molar-refractivity contribution is 0.102. The molecule has 142 valence electrons. The maximum Gasteiger partial charge on any atom is 0.257 e. The summed E-state index contributed by atoms with van der Waals surface area (Å²) in [6.07, 6.45) is 5.08. The lowest BCUT2D eigenvalue weighted by Crippen LogP contribution is -2.29. The zero-order valence-corrected chi connectivity index (χ0v) is 16.0. The monoisotopic (exact) mass is 375 g/mol. The number of anilines is 2. The predicted octanol–water partition coefficient (Wildman–Crippen LogP) is 2.86. The number of benzene rings is 1. The lowest BCUT2D eigenvalue weighted by atomic mass is 10.1. The summed E-state index contributed by atoms with van der Waals surface area (Å²) in [6.45, 7) is 4.47. The second-order valence-corrected chi connectivity index (χ2v) is 6.78. The van der Waals surface area contributed by atoms with Crippen LogP contribution in [-0.2, 0) is 13.6 Å². The Morgan fingerprint density at radius 2 is 2.04 bits per heavy atom. The molecule has 3 heterocycles. The number of rotatable bonds is 4. The molecule has 8 nitrogen and oxygen atoms in total. The normalized spacial score (nSPS) is 13.5. The maximum atomic E-state index is 13.0. The summed E-state index contributed by atoms with van der Waals surface area (Å²) in [5, 5.41) is 7.13. The Bertz CT molecular complexity index is 1070. The first-order valence-corrected chi connectivity index (χ1v) is 8.81. The number of carbonyl (C=O) groups is 1. The number of hydrogen-bond acceptors (Lipinski definition) is 6. The minimum absolute atomic E-state index is 0.268. The van der Waals surface area contributed by atoms with Gasteiger partial charge in [0.1, 0.15) is 17.1 Å². The molecule has 1 aromatic carbocycles. The van der Waals surface area contributed by atoms with Crippen LogP contribution in [-0.4, -0.2) is 46.3 Å². The summed E-state index contributed by atoms with van der Waals surface area (Å²) in [5.74, 6) is -0.268. The van der Waals surface area contributed by atoms with Crippen LogP contribution in [0.3, 0.4) is 0 Å². The van der Waals surface area contributed by atoms with E-state index in [1.165, 1.54) is 5.56 Å². The van der Waals surface area contributed by atoms with E-state index >= 15 is 0 Å². The van der Waals surface area contributed by atoms with Gasteiger partial charge in [-0.1, -0.05) is 6.07 Å². The molecule has 0 fully saturated rings. The van der Waals surface area contributed by atoms with Crippen LogP contribution >= 0.6 is 0 Å². The van der Waals surface area contributed by atoms with E-state index < -0.39 is 0 Å². The molecule has 0 radical (unpaired) electrons. The minimum atomic E-state index is -0.268. The second-order valence-electron chi connectivity index (χ2n) is 6.78. The third kappa shape index (κ3) is 3.03. The number of pyridine rings is 1. The highest BCUT2D eigenvalue weighted by atomic mass is 16.1. The van der Waals surface area contributed by atoms with E-state index in [4.69, 9.17) is 0 Å². The number of aromatic nitrogens is 3. The molecule has 0 spiro atoms.